The highest BCUT2D eigenvalue weighted by Crippen LogP contribution is 1.94. The molecule has 0 fully saturated rings. The van der Waals surface area contributed by atoms with E-state index >= 15 is 0 Å². The first-order valence-electron chi connectivity index (χ1n) is 3.22. The fraction of sp³-hybridized carbons (Fsp3) is 0.333. The number of ether oxygens (including phenoxy) is 2. The second-order valence-electron chi connectivity index (χ2n) is 2.04. The Morgan fingerprint density at radius 2 is 1.92 bits per heavy atom. The van der Waals surface area contributed by atoms with Crippen LogP contribution in [-0.2, 0) is 19.3 Å². The third-order valence-corrected chi connectivity index (χ3v) is 2.18. The molecule has 0 saturated carbocycles. The minimum atomic E-state index is -2.84. The molecule has 0 unspecified atom stereocenters. The SMILES string of the molecule is C1=COCO1.O=S1(=O)C=CNC1. The van der Waals surface area contributed by atoms with E-state index in [0.29, 0.717) is 6.79 Å². The minimum absolute atomic E-state index is 0.0625. The molecule has 2 aliphatic heterocycles. The van der Waals surface area contributed by atoms with Crippen molar-refractivity contribution in [1.82, 2.24) is 5.32 Å². The van der Waals surface area contributed by atoms with Crippen molar-refractivity contribution in [3.05, 3.63) is 24.1 Å². The average Bonchev–Trinajstić information content (AvgIpc) is 2.60. The van der Waals surface area contributed by atoms with Gasteiger partial charge in [0, 0.05) is 11.6 Å². The summed E-state index contributed by atoms with van der Waals surface area (Å²) in [6.07, 6.45) is 4.45. The third-order valence-electron chi connectivity index (χ3n) is 1.06. The third kappa shape index (κ3) is 3.29. The summed E-state index contributed by atoms with van der Waals surface area (Å²) >= 11 is 0. The van der Waals surface area contributed by atoms with Gasteiger partial charge in [-0.1, -0.05) is 0 Å². The summed E-state index contributed by atoms with van der Waals surface area (Å²) in [5.41, 5.74) is 0. The molecule has 0 aromatic heterocycles. The molecule has 0 aliphatic carbocycles. The van der Waals surface area contributed by atoms with Gasteiger partial charge in [0.15, 0.2) is 9.84 Å². The molecule has 6 heteroatoms. The molecule has 68 valence electrons. The first-order chi connectivity index (χ1) is 5.71. The average molecular weight is 191 g/mol. The first-order valence-corrected chi connectivity index (χ1v) is 4.93. The van der Waals surface area contributed by atoms with Gasteiger partial charge in [-0.2, -0.15) is 0 Å². The molecule has 0 radical (unpaired) electrons. The predicted molar refractivity (Wildman–Crippen MR) is 42.2 cm³/mol. The Morgan fingerprint density at radius 3 is 2.08 bits per heavy atom. The summed E-state index contributed by atoms with van der Waals surface area (Å²) in [5, 5.41) is 3.70. The molecule has 0 amide bonds. The highest BCUT2D eigenvalue weighted by Gasteiger charge is 2.07. The maximum absolute atomic E-state index is 10.3. The lowest BCUT2D eigenvalue weighted by atomic mass is 11.0. The van der Waals surface area contributed by atoms with Gasteiger partial charge >= 0.3 is 0 Å². The number of sulfone groups is 1. The molecular weight excluding hydrogens is 182 g/mol. The van der Waals surface area contributed by atoms with E-state index in [9.17, 15) is 8.42 Å². The van der Waals surface area contributed by atoms with E-state index < -0.39 is 9.84 Å². The van der Waals surface area contributed by atoms with E-state index in [4.69, 9.17) is 0 Å². The van der Waals surface area contributed by atoms with Crippen molar-refractivity contribution in [2.75, 3.05) is 12.7 Å². The van der Waals surface area contributed by atoms with E-state index in [1.165, 1.54) is 18.7 Å². The van der Waals surface area contributed by atoms with Gasteiger partial charge in [0.05, 0.1) is 0 Å². The zero-order valence-corrected chi connectivity index (χ0v) is 7.08. The summed E-state index contributed by atoms with van der Waals surface area (Å²) in [6.45, 7) is 0.389. The van der Waals surface area contributed by atoms with Gasteiger partial charge in [0.1, 0.15) is 18.4 Å². The molecule has 0 aromatic carbocycles. The molecule has 1 N–H and O–H groups in total. The summed E-state index contributed by atoms with van der Waals surface area (Å²) in [7, 11) is -2.84. The van der Waals surface area contributed by atoms with Crippen molar-refractivity contribution in [2.45, 2.75) is 0 Å². The van der Waals surface area contributed by atoms with Crippen LogP contribution in [0.1, 0.15) is 0 Å². The molecule has 5 nitrogen and oxygen atoms in total. The van der Waals surface area contributed by atoms with Crippen molar-refractivity contribution in [3.8, 4) is 0 Å². The van der Waals surface area contributed by atoms with Crippen LogP contribution in [0.15, 0.2) is 24.1 Å². The summed E-state index contributed by atoms with van der Waals surface area (Å²) in [6, 6.07) is 0. The van der Waals surface area contributed by atoms with Gasteiger partial charge in [-0.05, 0) is 0 Å². The van der Waals surface area contributed by atoms with Crippen LogP contribution in [0.4, 0.5) is 0 Å². The fourth-order valence-electron chi connectivity index (χ4n) is 0.561. The molecule has 0 spiro atoms. The van der Waals surface area contributed by atoms with Crippen molar-refractivity contribution < 1.29 is 17.9 Å². The predicted octanol–water partition coefficient (Wildman–Crippen LogP) is -0.105. The van der Waals surface area contributed by atoms with Crippen molar-refractivity contribution in [2.24, 2.45) is 0 Å². The molecule has 2 aliphatic rings. The van der Waals surface area contributed by atoms with Gasteiger partial charge in [0.2, 0.25) is 6.79 Å². The monoisotopic (exact) mass is 191 g/mol. The summed E-state index contributed by atoms with van der Waals surface area (Å²) < 4.78 is 29.6. The molecular formula is C6H9NO4S. The van der Waals surface area contributed by atoms with Crippen molar-refractivity contribution in [3.63, 3.8) is 0 Å². The van der Waals surface area contributed by atoms with E-state index in [0.717, 1.165) is 5.41 Å². The molecule has 0 bridgehead atoms. The van der Waals surface area contributed by atoms with Crippen LogP contribution in [-0.4, -0.2) is 21.1 Å². The highest BCUT2D eigenvalue weighted by atomic mass is 32.2. The number of hydrogen-bond donors (Lipinski definition) is 1. The van der Waals surface area contributed by atoms with Crippen LogP contribution in [0.5, 0.6) is 0 Å². The van der Waals surface area contributed by atoms with Crippen molar-refractivity contribution >= 4 is 9.84 Å². The van der Waals surface area contributed by atoms with E-state index in [2.05, 4.69) is 14.8 Å². The van der Waals surface area contributed by atoms with Gasteiger partial charge in [-0.3, -0.25) is 0 Å². The van der Waals surface area contributed by atoms with Crippen molar-refractivity contribution in [1.29, 1.82) is 0 Å². The number of rotatable bonds is 0. The summed E-state index contributed by atoms with van der Waals surface area (Å²) in [4.78, 5) is 0. The van der Waals surface area contributed by atoms with E-state index in [-0.39, 0.29) is 5.88 Å². The van der Waals surface area contributed by atoms with Crippen LogP contribution in [0, 0.1) is 0 Å². The Balaban J connectivity index is 0.000000127. The Labute approximate surface area is 70.6 Å². The lowest BCUT2D eigenvalue weighted by molar-refractivity contribution is 0.0920. The first kappa shape index (κ1) is 8.92. The van der Waals surface area contributed by atoms with Gasteiger partial charge in [-0.15, -0.1) is 0 Å². The standard InChI is InChI=1S/C3H5NO2S.C3H4O2/c5-7(6)2-1-4-3-7;1-2-5-3-4-1/h1-2,4H,3H2;1-2H,3H2. The normalized spacial score (nSPS) is 21.7. The lowest BCUT2D eigenvalue weighted by Gasteiger charge is -1.82. The van der Waals surface area contributed by atoms with Gasteiger partial charge in [-0.25, -0.2) is 8.42 Å². The minimum Gasteiger partial charge on any atom is -0.462 e. The maximum Gasteiger partial charge on any atom is 0.229 e. The highest BCUT2D eigenvalue weighted by molar-refractivity contribution is 7.94. The molecule has 12 heavy (non-hydrogen) atoms. The Kier molecular flexibility index (Phi) is 2.98. The van der Waals surface area contributed by atoms with Gasteiger partial charge in [0.25, 0.3) is 0 Å². The van der Waals surface area contributed by atoms with Gasteiger partial charge < -0.3 is 14.8 Å². The van der Waals surface area contributed by atoms with E-state index in [1.54, 1.807) is 0 Å². The van der Waals surface area contributed by atoms with Crippen LogP contribution in [0.2, 0.25) is 0 Å². The molecule has 0 atom stereocenters. The molecule has 2 heterocycles. The van der Waals surface area contributed by atoms with Crippen LogP contribution < -0.4 is 5.32 Å². The summed E-state index contributed by atoms with van der Waals surface area (Å²) in [5.74, 6) is 0.0625. The second kappa shape index (κ2) is 4.01. The maximum atomic E-state index is 10.3. The smallest absolute Gasteiger partial charge is 0.229 e. The zero-order chi connectivity index (χ0) is 8.86. The molecule has 0 aromatic rings. The zero-order valence-electron chi connectivity index (χ0n) is 6.26. The Bertz CT molecular complexity index is 274. The van der Waals surface area contributed by atoms with Crippen LogP contribution >= 0.6 is 0 Å². The molecule has 2 rings (SSSR count). The van der Waals surface area contributed by atoms with E-state index in [1.807, 2.05) is 0 Å². The largest absolute Gasteiger partial charge is 0.462 e. The quantitative estimate of drug-likeness (QED) is 0.579. The number of hydrogen-bond acceptors (Lipinski definition) is 5. The topological polar surface area (TPSA) is 64.6 Å². The van der Waals surface area contributed by atoms with Crippen LogP contribution in [0.3, 0.4) is 0 Å². The fourth-order valence-corrected chi connectivity index (χ4v) is 1.29. The second-order valence-corrected chi connectivity index (χ2v) is 3.92. The lowest BCUT2D eigenvalue weighted by Crippen LogP contribution is -2.06. The number of nitrogens with one attached hydrogen (secondary N) is 1. The Hall–Kier alpha value is -1.17. The van der Waals surface area contributed by atoms with Crippen LogP contribution in [0.25, 0.3) is 0 Å². The Morgan fingerprint density at radius 1 is 1.25 bits per heavy atom. The molecule has 0 saturated heterocycles.